The molecule has 105 heavy (non-hydrogen) atoms. The molecule has 17 nitrogen and oxygen atoms in total. The van der Waals surface area contributed by atoms with Gasteiger partial charge in [0.15, 0.2) is 12.2 Å². The molecule has 0 aromatic carbocycles. The SMILES string of the molecule is CCCCCCCCCCCCCC(=O)OC[C@H](COP(=O)(O)OC[C@H](O)COP(=O)(O)OC[C@@H](COC(=O)CCCCCCCCCCCCCCCC(C)C)OC(=O)CCCCCCCCCCCCCCCCCCCCC(C)CC)OC(=O)CCCCCCCCCCCCCCCC(C)C. The predicted molar refractivity (Wildman–Crippen MR) is 432 cm³/mol. The Morgan fingerprint density at radius 3 is 0.724 bits per heavy atom. The van der Waals surface area contributed by atoms with Gasteiger partial charge in [-0.1, -0.05) is 402 Å². The summed E-state index contributed by atoms with van der Waals surface area (Å²) in [6.07, 6.45) is 66.5. The van der Waals surface area contributed by atoms with Gasteiger partial charge in [-0.2, -0.15) is 0 Å². The number of unbranched alkanes of at least 4 members (excludes halogenated alkanes) is 51. The Balaban J connectivity index is 5.23. The van der Waals surface area contributed by atoms with Gasteiger partial charge in [0.05, 0.1) is 26.4 Å². The van der Waals surface area contributed by atoms with E-state index < -0.39 is 97.5 Å². The smallest absolute Gasteiger partial charge is 0.462 e. The van der Waals surface area contributed by atoms with E-state index in [1.54, 1.807) is 0 Å². The van der Waals surface area contributed by atoms with Crippen molar-refractivity contribution in [1.82, 2.24) is 0 Å². The second-order valence-corrected chi connectivity index (χ2v) is 35.0. The number of esters is 4. The summed E-state index contributed by atoms with van der Waals surface area (Å²) in [6.45, 7) is 12.1. The van der Waals surface area contributed by atoms with Crippen LogP contribution in [0.5, 0.6) is 0 Å². The van der Waals surface area contributed by atoms with Crippen molar-refractivity contribution in [1.29, 1.82) is 0 Å². The Morgan fingerprint density at radius 1 is 0.276 bits per heavy atom. The van der Waals surface area contributed by atoms with Crippen LogP contribution in [0.4, 0.5) is 0 Å². The number of aliphatic hydroxyl groups excluding tert-OH is 1. The fourth-order valence-electron chi connectivity index (χ4n) is 13.3. The second kappa shape index (κ2) is 76.1. The third kappa shape index (κ3) is 78.5. The minimum atomic E-state index is -4.97. The predicted octanol–water partition coefficient (Wildman–Crippen LogP) is 26.1. The topological polar surface area (TPSA) is 237 Å². The van der Waals surface area contributed by atoms with Crippen LogP contribution in [-0.4, -0.2) is 96.7 Å². The molecular formula is C86H168O17P2. The fourth-order valence-corrected chi connectivity index (χ4v) is 14.9. The summed E-state index contributed by atoms with van der Waals surface area (Å²) < 4.78 is 68.9. The normalized spacial score (nSPS) is 14.1. The van der Waals surface area contributed by atoms with Gasteiger partial charge in [-0.3, -0.25) is 37.3 Å². The Morgan fingerprint density at radius 2 is 0.486 bits per heavy atom. The summed E-state index contributed by atoms with van der Waals surface area (Å²) in [6, 6.07) is 0. The number of aliphatic hydroxyl groups is 1. The van der Waals surface area contributed by atoms with Crippen LogP contribution in [0.15, 0.2) is 0 Å². The molecule has 0 aliphatic rings. The van der Waals surface area contributed by atoms with Crippen LogP contribution in [0, 0.1) is 17.8 Å². The fraction of sp³-hybridized carbons (Fsp3) is 0.953. The first-order valence-corrected chi connectivity index (χ1v) is 47.4. The number of phosphoric acid groups is 2. The molecular weight excluding hydrogens is 1370 g/mol. The molecule has 0 spiro atoms. The second-order valence-electron chi connectivity index (χ2n) is 32.1. The summed E-state index contributed by atoms with van der Waals surface area (Å²) in [7, 11) is -9.93. The molecule has 0 heterocycles. The minimum Gasteiger partial charge on any atom is -0.462 e. The number of carbonyl (C=O) groups is 4. The van der Waals surface area contributed by atoms with Crippen LogP contribution in [-0.2, 0) is 65.4 Å². The molecule has 0 amide bonds. The van der Waals surface area contributed by atoms with E-state index in [1.165, 1.54) is 263 Å². The van der Waals surface area contributed by atoms with Crippen LogP contribution < -0.4 is 0 Å². The summed E-state index contributed by atoms with van der Waals surface area (Å²) in [5.74, 6) is 0.345. The van der Waals surface area contributed by atoms with E-state index in [2.05, 4.69) is 48.5 Å². The monoisotopic (exact) mass is 1540 g/mol. The zero-order valence-corrected chi connectivity index (χ0v) is 71.0. The van der Waals surface area contributed by atoms with Gasteiger partial charge in [-0.25, -0.2) is 9.13 Å². The number of hydrogen-bond acceptors (Lipinski definition) is 15. The zero-order chi connectivity index (χ0) is 77.2. The highest BCUT2D eigenvalue weighted by Crippen LogP contribution is 2.45. The van der Waals surface area contributed by atoms with Crippen molar-refractivity contribution in [3.05, 3.63) is 0 Å². The average Bonchev–Trinajstić information content (AvgIpc) is 0.917. The Bertz CT molecular complexity index is 2030. The molecule has 0 aliphatic heterocycles. The van der Waals surface area contributed by atoms with Gasteiger partial charge in [0.2, 0.25) is 0 Å². The van der Waals surface area contributed by atoms with Gasteiger partial charge in [0.1, 0.15) is 19.3 Å². The molecule has 0 rings (SSSR count). The average molecular weight is 1540 g/mol. The number of carbonyl (C=O) groups excluding carboxylic acids is 4. The molecule has 624 valence electrons. The van der Waals surface area contributed by atoms with Crippen molar-refractivity contribution in [3.63, 3.8) is 0 Å². The Kier molecular flexibility index (Phi) is 74.7. The van der Waals surface area contributed by atoms with Crippen LogP contribution in [0.1, 0.15) is 453 Å². The van der Waals surface area contributed by atoms with Gasteiger partial charge >= 0.3 is 39.5 Å². The van der Waals surface area contributed by atoms with Crippen molar-refractivity contribution in [2.75, 3.05) is 39.6 Å². The molecule has 0 saturated carbocycles. The third-order valence-corrected chi connectivity index (χ3v) is 22.4. The summed E-state index contributed by atoms with van der Waals surface area (Å²) >= 11 is 0. The van der Waals surface area contributed by atoms with Gasteiger partial charge in [0.25, 0.3) is 0 Å². The molecule has 0 aromatic rings. The summed E-state index contributed by atoms with van der Waals surface area (Å²) in [5, 5.41) is 10.7. The first kappa shape index (κ1) is 103. The lowest BCUT2D eigenvalue weighted by molar-refractivity contribution is -0.161. The van der Waals surface area contributed by atoms with Crippen LogP contribution >= 0.6 is 15.6 Å². The maximum atomic E-state index is 13.1. The maximum absolute atomic E-state index is 13.1. The third-order valence-electron chi connectivity index (χ3n) is 20.5. The quantitative estimate of drug-likeness (QED) is 0.0222. The van der Waals surface area contributed by atoms with Crippen LogP contribution in [0.3, 0.4) is 0 Å². The van der Waals surface area contributed by atoms with Gasteiger partial charge < -0.3 is 33.8 Å². The lowest BCUT2D eigenvalue weighted by Crippen LogP contribution is -2.30. The largest absolute Gasteiger partial charge is 0.472 e. The lowest BCUT2D eigenvalue weighted by Gasteiger charge is -2.21. The highest BCUT2D eigenvalue weighted by molar-refractivity contribution is 7.47. The van der Waals surface area contributed by atoms with E-state index in [1.807, 2.05) is 0 Å². The first-order valence-electron chi connectivity index (χ1n) is 44.4. The Labute approximate surface area is 645 Å². The molecule has 0 radical (unpaired) electrons. The molecule has 0 bridgehead atoms. The van der Waals surface area contributed by atoms with Crippen molar-refractivity contribution >= 4 is 39.5 Å². The molecule has 3 unspecified atom stereocenters. The number of rotatable bonds is 84. The Hall–Kier alpha value is -1.94. The molecule has 19 heteroatoms. The lowest BCUT2D eigenvalue weighted by atomic mass is 9.99. The standard InChI is InChI=1S/C86H168O17P2/c1-8-10-11-12-13-14-29-39-46-53-60-67-83(88)96-73-81(102-86(91)70-63-56-49-42-35-28-22-24-31-37-44-51-58-65-78(5)6)75-100-104(92,93)98-71-80(87)72-99-105(94,95)101-76-82(74-97-84(89)68-61-54-47-40-33-27-21-23-30-36-43-50-57-64-77(3)4)103-85(90)69-62-55-48-41-34-26-20-18-16-15-17-19-25-32-38-45-52-59-66-79(7)9-2/h77-82,87H,8-76H2,1-7H3,(H,92,93)(H,94,95)/t79?,80-,81+,82+/m0/s1. The van der Waals surface area contributed by atoms with Gasteiger partial charge in [-0.15, -0.1) is 0 Å². The van der Waals surface area contributed by atoms with Crippen molar-refractivity contribution < 1.29 is 80.2 Å². The van der Waals surface area contributed by atoms with E-state index >= 15 is 0 Å². The number of phosphoric ester groups is 2. The molecule has 6 atom stereocenters. The molecule has 0 saturated heterocycles. The molecule has 0 fully saturated rings. The van der Waals surface area contributed by atoms with E-state index in [-0.39, 0.29) is 25.7 Å². The zero-order valence-electron chi connectivity index (χ0n) is 69.2. The van der Waals surface area contributed by atoms with Crippen LogP contribution in [0.2, 0.25) is 0 Å². The number of ether oxygens (including phenoxy) is 4. The van der Waals surface area contributed by atoms with Crippen molar-refractivity contribution in [3.8, 4) is 0 Å². The molecule has 3 N–H and O–H groups in total. The van der Waals surface area contributed by atoms with Crippen molar-refractivity contribution in [2.45, 2.75) is 471 Å². The van der Waals surface area contributed by atoms with E-state index in [9.17, 15) is 43.2 Å². The summed E-state index contributed by atoms with van der Waals surface area (Å²) in [4.78, 5) is 73.2. The molecule has 0 aliphatic carbocycles. The van der Waals surface area contributed by atoms with E-state index in [4.69, 9.17) is 37.0 Å². The van der Waals surface area contributed by atoms with Gasteiger partial charge in [-0.05, 0) is 43.4 Å². The van der Waals surface area contributed by atoms with Crippen LogP contribution in [0.25, 0.3) is 0 Å². The van der Waals surface area contributed by atoms with E-state index in [0.717, 1.165) is 108 Å². The van der Waals surface area contributed by atoms with E-state index in [0.29, 0.717) is 25.7 Å². The summed E-state index contributed by atoms with van der Waals surface area (Å²) in [5.41, 5.74) is 0. The first-order chi connectivity index (χ1) is 50.8. The number of hydrogen-bond donors (Lipinski definition) is 3. The molecule has 0 aromatic heterocycles. The van der Waals surface area contributed by atoms with Gasteiger partial charge in [0, 0.05) is 25.7 Å². The highest BCUT2D eigenvalue weighted by atomic mass is 31.2. The minimum absolute atomic E-state index is 0.108. The highest BCUT2D eigenvalue weighted by Gasteiger charge is 2.30. The maximum Gasteiger partial charge on any atom is 0.472 e. The van der Waals surface area contributed by atoms with Crippen molar-refractivity contribution in [2.24, 2.45) is 17.8 Å².